The normalized spacial score (nSPS) is 16.8. The Morgan fingerprint density at radius 2 is 2.16 bits per heavy atom. The number of rotatable bonds is 5. The van der Waals surface area contributed by atoms with Gasteiger partial charge in [-0.25, -0.2) is 0 Å². The van der Waals surface area contributed by atoms with Crippen molar-refractivity contribution in [2.24, 2.45) is 5.41 Å². The third kappa shape index (κ3) is 2.96. The molecule has 0 aliphatic carbocycles. The molecule has 2 rings (SSSR count). The summed E-state index contributed by atoms with van der Waals surface area (Å²) in [6.07, 6.45) is 0.806. The number of hydrogen-bond donors (Lipinski definition) is 2. The lowest BCUT2D eigenvalue weighted by Crippen LogP contribution is -2.56. The van der Waals surface area contributed by atoms with Crippen LogP contribution in [-0.2, 0) is 16.0 Å². The van der Waals surface area contributed by atoms with Crippen molar-refractivity contribution in [2.75, 3.05) is 26.4 Å². The average Bonchev–Trinajstić information content (AvgIpc) is 2.31. The summed E-state index contributed by atoms with van der Waals surface area (Å²) in [5.74, 6) is -0.106. The van der Waals surface area contributed by atoms with Gasteiger partial charge in [0.25, 0.3) is 0 Å². The number of amides is 1. The van der Waals surface area contributed by atoms with Gasteiger partial charge < -0.3 is 15.2 Å². The molecule has 1 fully saturated rings. The highest BCUT2D eigenvalue weighted by molar-refractivity contribution is 5.83. The van der Waals surface area contributed by atoms with E-state index >= 15 is 0 Å². The maximum atomic E-state index is 12.0. The Labute approximate surface area is 113 Å². The number of aryl methyl sites for hydroxylation is 2. The van der Waals surface area contributed by atoms with Crippen LogP contribution >= 0.6 is 0 Å². The summed E-state index contributed by atoms with van der Waals surface area (Å²) in [6.45, 7) is 5.23. The van der Waals surface area contributed by atoms with E-state index in [9.17, 15) is 9.90 Å². The highest BCUT2D eigenvalue weighted by atomic mass is 16.5. The van der Waals surface area contributed by atoms with Crippen LogP contribution < -0.4 is 5.32 Å². The van der Waals surface area contributed by atoms with E-state index in [1.54, 1.807) is 0 Å². The van der Waals surface area contributed by atoms with Crippen LogP contribution in [0.15, 0.2) is 18.2 Å². The zero-order valence-electron chi connectivity index (χ0n) is 11.5. The summed E-state index contributed by atoms with van der Waals surface area (Å²) in [6, 6.07) is 6.33. The van der Waals surface area contributed by atoms with Gasteiger partial charge in [-0.2, -0.15) is 0 Å². The molecule has 19 heavy (non-hydrogen) atoms. The predicted octanol–water partition coefficient (Wildman–Crippen LogP) is 0.971. The van der Waals surface area contributed by atoms with E-state index in [4.69, 9.17) is 4.74 Å². The van der Waals surface area contributed by atoms with Gasteiger partial charge in [0, 0.05) is 6.54 Å². The van der Waals surface area contributed by atoms with Crippen LogP contribution in [0.3, 0.4) is 0 Å². The van der Waals surface area contributed by atoms with Gasteiger partial charge in [-0.15, -0.1) is 0 Å². The Morgan fingerprint density at radius 1 is 1.42 bits per heavy atom. The van der Waals surface area contributed by atoms with E-state index in [2.05, 4.69) is 37.4 Å². The van der Waals surface area contributed by atoms with Gasteiger partial charge in [0.05, 0.1) is 19.8 Å². The second-order valence-corrected chi connectivity index (χ2v) is 5.37. The first-order chi connectivity index (χ1) is 9.07. The first kappa shape index (κ1) is 14.0. The van der Waals surface area contributed by atoms with E-state index in [-0.39, 0.29) is 12.5 Å². The zero-order valence-corrected chi connectivity index (χ0v) is 11.5. The minimum atomic E-state index is -0.706. The molecule has 1 aromatic rings. The van der Waals surface area contributed by atoms with E-state index in [1.807, 2.05) is 0 Å². The summed E-state index contributed by atoms with van der Waals surface area (Å²) < 4.78 is 5.03. The quantitative estimate of drug-likeness (QED) is 0.832. The average molecular weight is 263 g/mol. The molecule has 0 spiro atoms. The van der Waals surface area contributed by atoms with Gasteiger partial charge in [0.2, 0.25) is 5.91 Å². The van der Waals surface area contributed by atoms with E-state index in [1.165, 1.54) is 16.7 Å². The fraction of sp³-hybridized carbons (Fsp3) is 0.533. The Morgan fingerprint density at radius 3 is 2.68 bits per heavy atom. The van der Waals surface area contributed by atoms with Crippen molar-refractivity contribution in [3.63, 3.8) is 0 Å². The van der Waals surface area contributed by atoms with Gasteiger partial charge in [-0.05, 0) is 31.4 Å². The Kier molecular flexibility index (Phi) is 4.22. The first-order valence-electron chi connectivity index (χ1n) is 6.60. The van der Waals surface area contributed by atoms with Crippen molar-refractivity contribution in [3.8, 4) is 0 Å². The third-order valence-electron chi connectivity index (χ3n) is 3.72. The summed E-state index contributed by atoms with van der Waals surface area (Å²) in [4.78, 5) is 12.0. The van der Waals surface area contributed by atoms with Crippen molar-refractivity contribution < 1.29 is 14.6 Å². The van der Waals surface area contributed by atoms with Gasteiger partial charge in [0.15, 0.2) is 0 Å². The summed E-state index contributed by atoms with van der Waals surface area (Å²) in [5, 5.41) is 12.1. The Balaban J connectivity index is 1.85. The van der Waals surface area contributed by atoms with Crippen molar-refractivity contribution in [3.05, 3.63) is 34.9 Å². The number of carbonyl (C=O) groups is 1. The Hall–Kier alpha value is -1.39. The van der Waals surface area contributed by atoms with Crippen molar-refractivity contribution >= 4 is 5.91 Å². The summed E-state index contributed by atoms with van der Waals surface area (Å²) >= 11 is 0. The van der Waals surface area contributed by atoms with Crippen LogP contribution in [0.4, 0.5) is 0 Å². The van der Waals surface area contributed by atoms with Crippen LogP contribution in [0.1, 0.15) is 16.7 Å². The smallest absolute Gasteiger partial charge is 0.233 e. The predicted molar refractivity (Wildman–Crippen MR) is 73.0 cm³/mol. The Bertz CT molecular complexity index is 461. The van der Waals surface area contributed by atoms with Crippen LogP contribution in [0, 0.1) is 19.3 Å². The fourth-order valence-electron chi connectivity index (χ4n) is 2.27. The van der Waals surface area contributed by atoms with Gasteiger partial charge in [0.1, 0.15) is 5.41 Å². The molecular weight excluding hydrogens is 242 g/mol. The molecule has 4 nitrogen and oxygen atoms in total. The number of aliphatic hydroxyl groups excluding tert-OH is 1. The van der Waals surface area contributed by atoms with Crippen LogP contribution in [0.2, 0.25) is 0 Å². The number of carbonyl (C=O) groups excluding carboxylic acids is 1. The number of nitrogens with one attached hydrogen (secondary N) is 1. The van der Waals surface area contributed by atoms with Crippen LogP contribution in [0.5, 0.6) is 0 Å². The molecule has 1 heterocycles. The molecule has 1 aliphatic rings. The van der Waals surface area contributed by atoms with Crippen LogP contribution in [0.25, 0.3) is 0 Å². The van der Waals surface area contributed by atoms with Gasteiger partial charge in [-0.1, -0.05) is 23.8 Å². The minimum absolute atomic E-state index is 0.106. The SMILES string of the molecule is Cc1ccc(CCNC(=O)C2(CO)COC2)c(C)c1. The molecule has 4 heteroatoms. The number of aliphatic hydroxyl groups is 1. The molecule has 1 amide bonds. The second kappa shape index (κ2) is 5.72. The maximum absolute atomic E-state index is 12.0. The highest BCUT2D eigenvalue weighted by Crippen LogP contribution is 2.26. The van der Waals surface area contributed by atoms with Crippen molar-refractivity contribution in [2.45, 2.75) is 20.3 Å². The third-order valence-corrected chi connectivity index (χ3v) is 3.72. The molecule has 104 valence electrons. The molecule has 0 atom stereocenters. The van der Waals surface area contributed by atoms with E-state index < -0.39 is 5.41 Å². The standard InChI is InChI=1S/C15H21NO3/c1-11-3-4-13(12(2)7-11)5-6-16-14(18)15(8-17)9-19-10-15/h3-4,7,17H,5-6,8-10H2,1-2H3,(H,16,18). The number of hydrogen-bond acceptors (Lipinski definition) is 3. The second-order valence-electron chi connectivity index (χ2n) is 5.37. The zero-order chi connectivity index (χ0) is 13.9. The molecule has 2 N–H and O–H groups in total. The molecule has 0 radical (unpaired) electrons. The van der Waals surface area contributed by atoms with Crippen LogP contribution in [-0.4, -0.2) is 37.4 Å². The minimum Gasteiger partial charge on any atom is -0.395 e. The monoisotopic (exact) mass is 263 g/mol. The molecule has 0 saturated carbocycles. The van der Waals surface area contributed by atoms with E-state index in [0.29, 0.717) is 19.8 Å². The van der Waals surface area contributed by atoms with Crippen molar-refractivity contribution in [1.82, 2.24) is 5.32 Å². The molecule has 0 aromatic heterocycles. The summed E-state index contributed by atoms with van der Waals surface area (Å²) in [7, 11) is 0. The molecule has 0 unspecified atom stereocenters. The van der Waals surface area contributed by atoms with Crippen molar-refractivity contribution in [1.29, 1.82) is 0 Å². The lowest BCUT2D eigenvalue weighted by atomic mass is 9.86. The summed E-state index contributed by atoms with van der Waals surface area (Å²) in [5.41, 5.74) is 3.03. The molecule has 1 aromatic carbocycles. The molecule has 1 saturated heterocycles. The lowest BCUT2D eigenvalue weighted by Gasteiger charge is -2.38. The molecular formula is C15H21NO3. The first-order valence-corrected chi connectivity index (χ1v) is 6.60. The van der Waals surface area contributed by atoms with Gasteiger partial charge >= 0.3 is 0 Å². The molecule has 1 aliphatic heterocycles. The number of ether oxygens (including phenoxy) is 1. The van der Waals surface area contributed by atoms with E-state index in [0.717, 1.165) is 6.42 Å². The topological polar surface area (TPSA) is 58.6 Å². The maximum Gasteiger partial charge on any atom is 0.233 e. The highest BCUT2D eigenvalue weighted by Gasteiger charge is 2.45. The number of benzene rings is 1. The fourth-order valence-corrected chi connectivity index (χ4v) is 2.27. The molecule has 0 bridgehead atoms. The largest absolute Gasteiger partial charge is 0.395 e. The van der Waals surface area contributed by atoms with Gasteiger partial charge in [-0.3, -0.25) is 4.79 Å². The lowest BCUT2D eigenvalue weighted by molar-refractivity contribution is -0.169.